The van der Waals surface area contributed by atoms with E-state index >= 15 is 0 Å². The SMILES string of the molecule is COc1ccc(N(CC(=O)N(C)C2CCCC2)S(=O)(=O)c2ccccc2)cc1. The molecule has 0 aliphatic heterocycles. The molecule has 0 saturated heterocycles. The van der Waals surface area contributed by atoms with Crippen LogP contribution >= 0.6 is 0 Å². The Hall–Kier alpha value is -2.54. The average Bonchev–Trinajstić information content (AvgIpc) is 3.26. The molecule has 0 atom stereocenters. The number of carbonyl (C=O) groups excluding carboxylic acids is 1. The monoisotopic (exact) mass is 402 g/mol. The maximum Gasteiger partial charge on any atom is 0.264 e. The maximum absolute atomic E-state index is 13.3. The van der Waals surface area contributed by atoms with Gasteiger partial charge in [0.2, 0.25) is 5.91 Å². The molecule has 1 aliphatic carbocycles. The second kappa shape index (κ2) is 8.65. The third-order valence-electron chi connectivity index (χ3n) is 5.24. The van der Waals surface area contributed by atoms with Crippen molar-refractivity contribution in [1.82, 2.24) is 4.90 Å². The molecule has 0 heterocycles. The number of anilines is 1. The van der Waals surface area contributed by atoms with Gasteiger partial charge in [-0.2, -0.15) is 0 Å². The number of ether oxygens (including phenoxy) is 1. The summed E-state index contributed by atoms with van der Waals surface area (Å²) in [6, 6.07) is 15.1. The van der Waals surface area contributed by atoms with Gasteiger partial charge in [-0.3, -0.25) is 9.10 Å². The van der Waals surface area contributed by atoms with Gasteiger partial charge in [0.15, 0.2) is 0 Å². The first kappa shape index (κ1) is 20.2. The van der Waals surface area contributed by atoms with Gasteiger partial charge in [0, 0.05) is 13.1 Å². The van der Waals surface area contributed by atoms with Crippen LogP contribution in [-0.4, -0.2) is 46.0 Å². The highest BCUT2D eigenvalue weighted by atomic mass is 32.2. The highest BCUT2D eigenvalue weighted by Gasteiger charge is 2.30. The number of methoxy groups -OCH3 is 1. The van der Waals surface area contributed by atoms with Gasteiger partial charge in [0.25, 0.3) is 10.0 Å². The van der Waals surface area contributed by atoms with Crippen molar-refractivity contribution in [1.29, 1.82) is 0 Å². The largest absolute Gasteiger partial charge is 0.497 e. The number of amides is 1. The van der Waals surface area contributed by atoms with Crippen molar-refractivity contribution in [2.75, 3.05) is 25.0 Å². The molecule has 0 unspecified atom stereocenters. The lowest BCUT2D eigenvalue weighted by Gasteiger charge is -2.29. The van der Waals surface area contributed by atoms with Gasteiger partial charge in [-0.05, 0) is 49.2 Å². The molecular formula is C21H26N2O4S. The van der Waals surface area contributed by atoms with Crippen molar-refractivity contribution in [3.8, 4) is 5.75 Å². The minimum absolute atomic E-state index is 0.155. The quantitative estimate of drug-likeness (QED) is 0.713. The molecule has 0 bridgehead atoms. The fourth-order valence-electron chi connectivity index (χ4n) is 3.51. The highest BCUT2D eigenvalue weighted by Crippen LogP contribution is 2.27. The van der Waals surface area contributed by atoms with Crippen LogP contribution in [0, 0.1) is 0 Å². The summed E-state index contributed by atoms with van der Waals surface area (Å²) in [6.45, 7) is -0.240. The molecule has 0 aromatic heterocycles. The van der Waals surface area contributed by atoms with Crippen molar-refractivity contribution in [2.24, 2.45) is 0 Å². The van der Waals surface area contributed by atoms with Gasteiger partial charge in [0.05, 0.1) is 17.7 Å². The Morgan fingerprint density at radius 2 is 1.64 bits per heavy atom. The van der Waals surface area contributed by atoms with E-state index in [-0.39, 0.29) is 23.4 Å². The van der Waals surface area contributed by atoms with Gasteiger partial charge >= 0.3 is 0 Å². The Labute approximate surface area is 166 Å². The Bertz CT molecular complexity index is 892. The van der Waals surface area contributed by atoms with Crippen LogP contribution in [0.15, 0.2) is 59.5 Å². The van der Waals surface area contributed by atoms with E-state index in [4.69, 9.17) is 4.74 Å². The summed E-state index contributed by atoms with van der Waals surface area (Å²) in [5.74, 6) is 0.414. The standard InChI is InChI=1S/C21H26N2O4S/c1-22(17-8-6-7-9-17)21(24)16-23(18-12-14-19(27-2)15-13-18)28(25,26)20-10-4-3-5-11-20/h3-5,10-15,17H,6-9,16H2,1-2H3. The van der Waals surface area contributed by atoms with Gasteiger partial charge in [-0.25, -0.2) is 8.42 Å². The van der Waals surface area contributed by atoms with E-state index in [1.807, 2.05) is 0 Å². The molecule has 1 amide bonds. The zero-order valence-electron chi connectivity index (χ0n) is 16.2. The number of hydrogen-bond donors (Lipinski definition) is 0. The molecule has 0 spiro atoms. The van der Waals surface area contributed by atoms with Crippen molar-refractivity contribution < 1.29 is 17.9 Å². The molecule has 0 N–H and O–H groups in total. The van der Waals surface area contributed by atoms with Crippen molar-refractivity contribution >= 4 is 21.6 Å². The van der Waals surface area contributed by atoms with Crippen LogP contribution in [-0.2, 0) is 14.8 Å². The van der Waals surface area contributed by atoms with E-state index in [2.05, 4.69) is 0 Å². The molecular weight excluding hydrogens is 376 g/mol. The van der Waals surface area contributed by atoms with Crippen LogP contribution in [0.4, 0.5) is 5.69 Å². The van der Waals surface area contributed by atoms with Crippen LogP contribution in [0.3, 0.4) is 0 Å². The van der Waals surface area contributed by atoms with Crippen LogP contribution < -0.4 is 9.04 Å². The van der Waals surface area contributed by atoms with Crippen LogP contribution in [0.2, 0.25) is 0 Å². The highest BCUT2D eigenvalue weighted by molar-refractivity contribution is 7.92. The summed E-state index contributed by atoms with van der Waals surface area (Å²) >= 11 is 0. The normalized spacial score (nSPS) is 14.6. The second-order valence-corrected chi connectivity index (χ2v) is 8.83. The Kier molecular flexibility index (Phi) is 6.24. The number of carbonyl (C=O) groups is 1. The Morgan fingerprint density at radius 1 is 1.04 bits per heavy atom. The van der Waals surface area contributed by atoms with Crippen LogP contribution in [0.25, 0.3) is 0 Å². The van der Waals surface area contributed by atoms with E-state index in [9.17, 15) is 13.2 Å². The van der Waals surface area contributed by atoms with E-state index in [0.29, 0.717) is 11.4 Å². The molecule has 1 fully saturated rings. The minimum Gasteiger partial charge on any atom is -0.497 e. The summed E-state index contributed by atoms with van der Waals surface area (Å²) in [4.78, 5) is 14.8. The topological polar surface area (TPSA) is 66.9 Å². The lowest BCUT2D eigenvalue weighted by Crippen LogP contribution is -2.44. The molecule has 1 aliphatic rings. The summed E-state index contributed by atoms with van der Waals surface area (Å²) in [6.07, 6.45) is 4.14. The molecule has 0 radical (unpaired) electrons. The number of hydrogen-bond acceptors (Lipinski definition) is 4. The second-order valence-electron chi connectivity index (χ2n) is 6.97. The maximum atomic E-state index is 13.3. The Balaban J connectivity index is 1.93. The molecule has 3 rings (SSSR count). The zero-order chi connectivity index (χ0) is 20.1. The van der Waals surface area contributed by atoms with Gasteiger partial charge in [-0.15, -0.1) is 0 Å². The van der Waals surface area contributed by atoms with Gasteiger partial charge < -0.3 is 9.64 Å². The number of likely N-dealkylation sites (N-methyl/N-ethyl adjacent to an activating group) is 1. The summed E-state index contributed by atoms with van der Waals surface area (Å²) < 4.78 is 32.9. The third kappa shape index (κ3) is 4.30. The average molecular weight is 403 g/mol. The molecule has 7 heteroatoms. The first-order valence-electron chi connectivity index (χ1n) is 9.41. The lowest BCUT2D eigenvalue weighted by atomic mass is 10.2. The summed E-state index contributed by atoms with van der Waals surface area (Å²) in [5, 5.41) is 0. The van der Waals surface area contributed by atoms with Crippen LogP contribution in [0.1, 0.15) is 25.7 Å². The smallest absolute Gasteiger partial charge is 0.264 e. The molecule has 2 aromatic rings. The Morgan fingerprint density at radius 3 is 2.21 bits per heavy atom. The third-order valence-corrected chi connectivity index (χ3v) is 7.02. The van der Waals surface area contributed by atoms with E-state index in [1.165, 1.54) is 16.4 Å². The number of benzene rings is 2. The first-order valence-corrected chi connectivity index (χ1v) is 10.8. The predicted octanol–water partition coefficient (Wildman–Crippen LogP) is 3.29. The summed E-state index contributed by atoms with van der Waals surface area (Å²) in [7, 11) is -0.568. The molecule has 2 aromatic carbocycles. The minimum atomic E-state index is -3.88. The van der Waals surface area contributed by atoms with Crippen molar-refractivity contribution in [2.45, 2.75) is 36.6 Å². The van der Waals surface area contributed by atoms with Gasteiger partial charge in [-0.1, -0.05) is 31.0 Å². The fraction of sp³-hybridized carbons (Fsp3) is 0.381. The number of rotatable bonds is 7. The molecule has 1 saturated carbocycles. The zero-order valence-corrected chi connectivity index (χ0v) is 17.1. The molecule has 6 nitrogen and oxygen atoms in total. The summed E-state index contributed by atoms with van der Waals surface area (Å²) in [5.41, 5.74) is 0.429. The van der Waals surface area contributed by atoms with Crippen LogP contribution in [0.5, 0.6) is 5.75 Å². The number of sulfonamides is 1. The van der Waals surface area contributed by atoms with Crippen molar-refractivity contribution in [3.05, 3.63) is 54.6 Å². The van der Waals surface area contributed by atoms with E-state index in [1.54, 1.807) is 61.5 Å². The van der Waals surface area contributed by atoms with E-state index < -0.39 is 10.0 Å². The first-order chi connectivity index (χ1) is 13.4. The fourth-order valence-corrected chi connectivity index (χ4v) is 4.95. The number of nitrogens with zero attached hydrogens (tertiary/aromatic N) is 2. The molecule has 28 heavy (non-hydrogen) atoms. The van der Waals surface area contributed by atoms with Crippen molar-refractivity contribution in [3.63, 3.8) is 0 Å². The van der Waals surface area contributed by atoms with Gasteiger partial charge in [0.1, 0.15) is 12.3 Å². The lowest BCUT2D eigenvalue weighted by molar-refractivity contribution is -0.130. The predicted molar refractivity (Wildman–Crippen MR) is 109 cm³/mol. The van der Waals surface area contributed by atoms with E-state index in [0.717, 1.165) is 25.7 Å². The molecule has 150 valence electrons.